The van der Waals surface area contributed by atoms with Gasteiger partial charge in [-0.15, -0.1) is 0 Å². The van der Waals surface area contributed by atoms with Crippen LogP contribution in [0.3, 0.4) is 0 Å². The molecule has 1 aliphatic rings. The summed E-state index contributed by atoms with van der Waals surface area (Å²) in [6.07, 6.45) is 1.60. The lowest BCUT2D eigenvalue weighted by atomic mass is 9.91. The number of ether oxygens (including phenoxy) is 2. The molecular weight excluding hydrogens is 342 g/mol. The van der Waals surface area contributed by atoms with E-state index in [1.165, 1.54) is 0 Å². The standard InChI is InChI=1S/C22H27NO4/c1-3-27-20-12-5-4-11-19(20)21(16-8-6-10-18(14-16)26-2)23-13-7-9-17(15-23)22(24)25/h4-6,8,10-12,14,17,21H,3,7,9,13,15H2,1-2H3,(H,24,25). The fourth-order valence-electron chi connectivity index (χ4n) is 3.83. The average molecular weight is 369 g/mol. The van der Waals surface area contributed by atoms with Crippen LogP contribution in [0.4, 0.5) is 0 Å². The molecule has 144 valence electrons. The first-order valence-corrected chi connectivity index (χ1v) is 9.46. The highest BCUT2D eigenvalue weighted by atomic mass is 16.5. The zero-order valence-corrected chi connectivity index (χ0v) is 15.9. The molecule has 0 aliphatic carbocycles. The Bertz CT molecular complexity index is 776. The summed E-state index contributed by atoms with van der Waals surface area (Å²) in [5.74, 6) is 0.566. The van der Waals surface area contributed by atoms with Gasteiger partial charge in [-0.05, 0) is 50.1 Å². The molecule has 5 heteroatoms. The molecule has 0 saturated carbocycles. The van der Waals surface area contributed by atoms with E-state index in [0.717, 1.165) is 42.0 Å². The molecule has 1 saturated heterocycles. The predicted octanol–water partition coefficient (Wildman–Crippen LogP) is 3.98. The van der Waals surface area contributed by atoms with Gasteiger partial charge in [-0.2, -0.15) is 0 Å². The number of para-hydroxylation sites is 1. The molecule has 0 amide bonds. The van der Waals surface area contributed by atoms with Crippen LogP contribution in [0.15, 0.2) is 48.5 Å². The third-order valence-corrected chi connectivity index (χ3v) is 5.09. The zero-order valence-electron chi connectivity index (χ0n) is 15.9. The molecule has 1 fully saturated rings. The van der Waals surface area contributed by atoms with E-state index in [0.29, 0.717) is 13.2 Å². The van der Waals surface area contributed by atoms with Crippen molar-refractivity contribution in [2.45, 2.75) is 25.8 Å². The number of benzene rings is 2. The van der Waals surface area contributed by atoms with E-state index in [9.17, 15) is 9.90 Å². The van der Waals surface area contributed by atoms with E-state index in [-0.39, 0.29) is 12.0 Å². The van der Waals surface area contributed by atoms with E-state index >= 15 is 0 Å². The molecule has 2 unspecified atom stereocenters. The van der Waals surface area contributed by atoms with Crippen LogP contribution in [-0.2, 0) is 4.79 Å². The van der Waals surface area contributed by atoms with Crippen LogP contribution in [-0.4, -0.2) is 42.8 Å². The minimum absolute atomic E-state index is 0.0787. The summed E-state index contributed by atoms with van der Waals surface area (Å²) in [4.78, 5) is 13.9. The molecule has 3 rings (SSSR count). The molecule has 2 aromatic rings. The van der Waals surface area contributed by atoms with Gasteiger partial charge in [-0.3, -0.25) is 9.69 Å². The third kappa shape index (κ3) is 4.42. The number of hydrogen-bond donors (Lipinski definition) is 1. The number of nitrogens with zero attached hydrogens (tertiary/aromatic N) is 1. The Morgan fingerprint density at radius 2 is 2.07 bits per heavy atom. The molecule has 1 aliphatic heterocycles. The van der Waals surface area contributed by atoms with Gasteiger partial charge in [0.05, 0.1) is 25.7 Å². The Kier molecular flexibility index (Phi) is 6.35. The largest absolute Gasteiger partial charge is 0.497 e. The van der Waals surface area contributed by atoms with Crippen molar-refractivity contribution in [3.8, 4) is 11.5 Å². The van der Waals surface area contributed by atoms with Crippen LogP contribution in [0.1, 0.15) is 36.9 Å². The van der Waals surface area contributed by atoms with Gasteiger partial charge in [0.25, 0.3) is 0 Å². The molecule has 1 heterocycles. The first kappa shape index (κ1) is 19.2. The van der Waals surface area contributed by atoms with Crippen molar-refractivity contribution >= 4 is 5.97 Å². The summed E-state index contributed by atoms with van der Waals surface area (Å²) in [6.45, 7) is 3.93. The van der Waals surface area contributed by atoms with Crippen LogP contribution in [0, 0.1) is 5.92 Å². The quantitative estimate of drug-likeness (QED) is 0.800. The molecule has 0 spiro atoms. The van der Waals surface area contributed by atoms with Gasteiger partial charge < -0.3 is 14.6 Å². The second-order valence-corrected chi connectivity index (χ2v) is 6.82. The minimum atomic E-state index is -0.720. The highest BCUT2D eigenvalue weighted by Gasteiger charge is 2.32. The minimum Gasteiger partial charge on any atom is -0.497 e. The van der Waals surface area contributed by atoms with Crippen molar-refractivity contribution in [3.05, 3.63) is 59.7 Å². The van der Waals surface area contributed by atoms with Crippen molar-refractivity contribution in [3.63, 3.8) is 0 Å². The lowest BCUT2D eigenvalue weighted by Gasteiger charge is -2.38. The summed E-state index contributed by atoms with van der Waals surface area (Å²) < 4.78 is 11.3. The number of carboxylic acids is 1. The Balaban J connectivity index is 2.05. The lowest BCUT2D eigenvalue weighted by molar-refractivity contribution is -0.143. The second-order valence-electron chi connectivity index (χ2n) is 6.82. The first-order chi connectivity index (χ1) is 13.1. The number of piperidine rings is 1. The van der Waals surface area contributed by atoms with Crippen molar-refractivity contribution in [2.75, 3.05) is 26.8 Å². The van der Waals surface area contributed by atoms with E-state index < -0.39 is 5.97 Å². The van der Waals surface area contributed by atoms with Crippen LogP contribution in [0.2, 0.25) is 0 Å². The van der Waals surface area contributed by atoms with Gasteiger partial charge in [0.1, 0.15) is 11.5 Å². The summed E-state index contributed by atoms with van der Waals surface area (Å²) in [5.41, 5.74) is 2.13. The maximum Gasteiger partial charge on any atom is 0.307 e. The first-order valence-electron chi connectivity index (χ1n) is 9.46. The van der Waals surface area contributed by atoms with Crippen LogP contribution in [0.5, 0.6) is 11.5 Å². The average Bonchev–Trinajstić information content (AvgIpc) is 2.70. The fraction of sp³-hybridized carbons (Fsp3) is 0.409. The summed E-state index contributed by atoms with van der Waals surface area (Å²) in [5, 5.41) is 9.53. The van der Waals surface area contributed by atoms with E-state index in [2.05, 4.69) is 17.0 Å². The molecule has 2 atom stereocenters. The molecule has 0 aromatic heterocycles. The van der Waals surface area contributed by atoms with Gasteiger partial charge in [-0.1, -0.05) is 30.3 Å². The van der Waals surface area contributed by atoms with E-state index in [1.54, 1.807) is 7.11 Å². The second kappa shape index (κ2) is 8.91. The van der Waals surface area contributed by atoms with Crippen molar-refractivity contribution in [1.29, 1.82) is 0 Å². The topological polar surface area (TPSA) is 59.0 Å². The molecule has 0 bridgehead atoms. The predicted molar refractivity (Wildman–Crippen MR) is 104 cm³/mol. The molecule has 1 N–H and O–H groups in total. The number of carboxylic acid groups (broad SMARTS) is 1. The van der Waals surface area contributed by atoms with Gasteiger partial charge in [0.2, 0.25) is 0 Å². The smallest absolute Gasteiger partial charge is 0.307 e. The zero-order chi connectivity index (χ0) is 19.2. The maximum absolute atomic E-state index is 11.6. The monoisotopic (exact) mass is 369 g/mol. The Labute approximate surface area is 160 Å². The molecule has 0 radical (unpaired) electrons. The number of aliphatic carboxylic acids is 1. The highest BCUT2D eigenvalue weighted by molar-refractivity contribution is 5.70. The van der Waals surface area contributed by atoms with Gasteiger partial charge in [0.15, 0.2) is 0 Å². The van der Waals surface area contributed by atoms with Crippen molar-refractivity contribution in [2.24, 2.45) is 5.92 Å². The van der Waals surface area contributed by atoms with E-state index in [4.69, 9.17) is 9.47 Å². The van der Waals surface area contributed by atoms with Gasteiger partial charge >= 0.3 is 5.97 Å². The Morgan fingerprint density at radius 1 is 1.26 bits per heavy atom. The van der Waals surface area contributed by atoms with Crippen LogP contribution < -0.4 is 9.47 Å². The third-order valence-electron chi connectivity index (χ3n) is 5.09. The molecular formula is C22H27NO4. The summed E-state index contributed by atoms with van der Waals surface area (Å²) in [6, 6.07) is 15.9. The fourth-order valence-corrected chi connectivity index (χ4v) is 3.83. The van der Waals surface area contributed by atoms with Crippen LogP contribution in [0.25, 0.3) is 0 Å². The van der Waals surface area contributed by atoms with E-state index in [1.807, 2.05) is 43.3 Å². The Morgan fingerprint density at radius 3 is 2.81 bits per heavy atom. The number of likely N-dealkylation sites (tertiary alicyclic amines) is 1. The lowest BCUT2D eigenvalue weighted by Crippen LogP contribution is -2.41. The number of methoxy groups -OCH3 is 1. The number of carbonyl (C=O) groups is 1. The highest BCUT2D eigenvalue weighted by Crippen LogP contribution is 2.38. The molecule has 27 heavy (non-hydrogen) atoms. The molecule has 5 nitrogen and oxygen atoms in total. The van der Waals surface area contributed by atoms with Crippen molar-refractivity contribution < 1.29 is 19.4 Å². The number of hydrogen-bond acceptors (Lipinski definition) is 4. The number of rotatable bonds is 7. The van der Waals surface area contributed by atoms with Gasteiger partial charge in [-0.25, -0.2) is 0 Å². The Hall–Kier alpha value is -2.53. The molecule has 2 aromatic carbocycles. The summed E-state index contributed by atoms with van der Waals surface area (Å²) >= 11 is 0. The SMILES string of the molecule is CCOc1ccccc1C(c1cccc(OC)c1)N1CCCC(C(=O)O)C1. The van der Waals surface area contributed by atoms with Gasteiger partial charge in [0, 0.05) is 12.1 Å². The van der Waals surface area contributed by atoms with Crippen molar-refractivity contribution in [1.82, 2.24) is 4.90 Å². The summed E-state index contributed by atoms with van der Waals surface area (Å²) in [7, 11) is 1.66. The maximum atomic E-state index is 11.6. The van der Waals surface area contributed by atoms with Crippen LogP contribution >= 0.6 is 0 Å². The normalized spacial score (nSPS) is 18.7.